The minimum Gasteiger partial charge on any atom is -0.491 e. The van der Waals surface area contributed by atoms with Crippen LogP contribution in [0.1, 0.15) is 5.56 Å². The summed E-state index contributed by atoms with van der Waals surface area (Å²) in [4.78, 5) is 10.7. The molecule has 15 heavy (non-hydrogen) atoms. The Balaban J connectivity index is 2.58. The number of hydrogen-bond acceptors (Lipinski definition) is 3. The molecule has 4 nitrogen and oxygen atoms in total. The van der Waals surface area contributed by atoms with Crippen LogP contribution in [-0.2, 0) is 4.79 Å². The van der Waals surface area contributed by atoms with E-state index < -0.39 is 11.9 Å². The predicted octanol–water partition coefficient (Wildman–Crippen LogP) is 0.949. The second-order valence-electron chi connectivity index (χ2n) is 3.23. The average molecular weight is 273 g/mol. The zero-order chi connectivity index (χ0) is 11.4. The smallest absolute Gasteiger partial charge is 0.237 e. The first-order chi connectivity index (χ1) is 7.00. The van der Waals surface area contributed by atoms with E-state index in [1.807, 2.05) is 19.1 Å². The van der Waals surface area contributed by atoms with Crippen molar-refractivity contribution < 1.29 is 9.53 Å². The van der Waals surface area contributed by atoms with Crippen molar-refractivity contribution in [1.29, 1.82) is 0 Å². The lowest BCUT2D eigenvalue weighted by atomic mass is 10.2. The van der Waals surface area contributed by atoms with E-state index in [4.69, 9.17) is 16.2 Å². The number of amides is 1. The molecule has 0 heterocycles. The summed E-state index contributed by atoms with van der Waals surface area (Å²) >= 11 is 3.38. The second-order valence-corrected chi connectivity index (χ2v) is 4.09. The molecule has 1 unspecified atom stereocenters. The molecular formula is C10H13BrN2O2. The lowest BCUT2D eigenvalue weighted by Gasteiger charge is -2.10. The van der Waals surface area contributed by atoms with Crippen LogP contribution in [0.15, 0.2) is 22.7 Å². The molecule has 0 aliphatic carbocycles. The molecule has 82 valence electrons. The highest BCUT2D eigenvalue weighted by atomic mass is 79.9. The monoisotopic (exact) mass is 272 g/mol. The largest absolute Gasteiger partial charge is 0.491 e. The Morgan fingerprint density at radius 2 is 2.27 bits per heavy atom. The van der Waals surface area contributed by atoms with Crippen LogP contribution in [0, 0.1) is 6.92 Å². The number of aryl methyl sites for hydroxylation is 1. The number of ether oxygens (including phenoxy) is 1. The molecule has 0 aliphatic rings. The molecule has 1 aromatic carbocycles. The number of primary amides is 1. The molecule has 5 heteroatoms. The summed E-state index contributed by atoms with van der Waals surface area (Å²) in [5.41, 5.74) is 11.5. The fraction of sp³-hybridized carbons (Fsp3) is 0.300. The van der Waals surface area contributed by atoms with Crippen molar-refractivity contribution in [2.45, 2.75) is 13.0 Å². The minimum absolute atomic E-state index is 0.0937. The molecule has 0 radical (unpaired) electrons. The van der Waals surface area contributed by atoms with Crippen LogP contribution in [0.4, 0.5) is 0 Å². The maximum Gasteiger partial charge on any atom is 0.237 e. The first-order valence-corrected chi connectivity index (χ1v) is 5.24. The molecule has 1 rings (SSSR count). The van der Waals surface area contributed by atoms with Gasteiger partial charge in [-0.3, -0.25) is 4.79 Å². The van der Waals surface area contributed by atoms with Crippen molar-refractivity contribution in [2.24, 2.45) is 11.5 Å². The zero-order valence-electron chi connectivity index (χ0n) is 8.37. The molecule has 1 atom stereocenters. The van der Waals surface area contributed by atoms with Gasteiger partial charge in [0.1, 0.15) is 18.4 Å². The van der Waals surface area contributed by atoms with E-state index in [1.165, 1.54) is 0 Å². The van der Waals surface area contributed by atoms with Crippen LogP contribution in [0.5, 0.6) is 5.75 Å². The van der Waals surface area contributed by atoms with Crippen LogP contribution in [0.3, 0.4) is 0 Å². The van der Waals surface area contributed by atoms with E-state index in [1.54, 1.807) is 6.07 Å². The Bertz CT molecular complexity index is 368. The second kappa shape index (κ2) is 5.14. The number of hydrogen-bond donors (Lipinski definition) is 2. The fourth-order valence-electron chi connectivity index (χ4n) is 0.975. The maximum atomic E-state index is 10.7. The topological polar surface area (TPSA) is 78.3 Å². The van der Waals surface area contributed by atoms with Crippen LogP contribution >= 0.6 is 15.9 Å². The van der Waals surface area contributed by atoms with Crippen molar-refractivity contribution >= 4 is 21.8 Å². The molecule has 0 fully saturated rings. The van der Waals surface area contributed by atoms with Crippen molar-refractivity contribution in [3.63, 3.8) is 0 Å². The first kappa shape index (κ1) is 12.0. The lowest BCUT2D eigenvalue weighted by molar-refractivity contribution is -0.119. The highest BCUT2D eigenvalue weighted by Crippen LogP contribution is 2.21. The number of halogens is 1. The summed E-state index contributed by atoms with van der Waals surface area (Å²) < 4.78 is 6.33. The normalized spacial score (nSPS) is 12.2. The van der Waals surface area contributed by atoms with Crippen LogP contribution < -0.4 is 16.2 Å². The van der Waals surface area contributed by atoms with Gasteiger partial charge in [-0.25, -0.2) is 0 Å². The third-order valence-corrected chi connectivity index (χ3v) is 2.81. The highest BCUT2D eigenvalue weighted by molar-refractivity contribution is 9.10. The highest BCUT2D eigenvalue weighted by Gasteiger charge is 2.09. The Hall–Kier alpha value is -1.07. The van der Waals surface area contributed by atoms with Gasteiger partial charge >= 0.3 is 0 Å². The van der Waals surface area contributed by atoms with Crippen molar-refractivity contribution in [2.75, 3.05) is 6.61 Å². The van der Waals surface area contributed by atoms with Gasteiger partial charge in [-0.05, 0) is 30.7 Å². The van der Waals surface area contributed by atoms with Gasteiger partial charge in [0.05, 0.1) is 0 Å². The molecule has 0 saturated carbocycles. The summed E-state index contributed by atoms with van der Waals surface area (Å²) in [7, 11) is 0. The van der Waals surface area contributed by atoms with E-state index in [0.717, 1.165) is 10.0 Å². The lowest BCUT2D eigenvalue weighted by Crippen LogP contribution is -2.41. The van der Waals surface area contributed by atoms with E-state index in [0.29, 0.717) is 5.75 Å². The summed E-state index contributed by atoms with van der Waals surface area (Å²) in [5.74, 6) is 0.108. The Labute approximate surface area is 96.7 Å². The zero-order valence-corrected chi connectivity index (χ0v) is 9.95. The third-order valence-electron chi connectivity index (χ3n) is 1.92. The number of carbonyl (C=O) groups is 1. The Morgan fingerprint density at radius 3 is 2.80 bits per heavy atom. The SMILES string of the molecule is Cc1cc(OCC(N)C(N)=O)ccc1Br. The predicted molar refractivity (Wildman–Crippen MR) is 61.5 cm³/mol. The molecular weight excluding hydrogens is 260 g/mol. The van der Waals surface area contributed by atoms with Gasteiger partial charge in [-0.1, -0.05) is 15.9 Å². The third kappa shape index (κ3) is 3.53. The quantitative estimate of drug-likeness (QED) is 0.857. The molecule has 0 spiro atoms. The van der Waals surface area contributed by atoms with E-state index >= 15 is 0 Å². The molecule has 1 amide bonds. The molecule has 0 aliphatic heterocycles. The minimum atomic E-state index is -0.769. The van der Waals surface area contributed by atoms with Gasteiger partial charge in [0.2, 0.25) is 5.91 Å². The summed E-state index contributed by atoms with van der Waals surface area (Å²) in [5, 5.41) is 0. The van der Waals surface area contributed by atoms with E-state index in [9.17, 15) is 4.79 Å². The van der Waals surface area contributed by atoms with Gasteiger partial charge in [0.25, 0.3) is 0 Å². The molecule has 1 aromatic rings. The van der Waals surface area contributed by atoms with Crippen molar-refractivity contribution in [3.8, 4) is 5.75 Å². The number of nitrogens with two attached hydrogens (primary N) is 2. The molecule has 0 aromatic heterocycles. The number of benzene rings is 1. The van der Waals surface area contributed by atoms with Gasteiger partial charge in [-0.2, -0.15) is 0 Å². The van der Waals surface area contributed by atoms with E-state index in [-0.39, 0.29) is 6.61 Å². The molecule has 0 bridgehead atoms. The average Bonchev–Trinajstić information content (AvgIpc) is 2.19. The maximum absolute atomic E-state index is 10.7. The van der Waals surface area contributed by atoms with Crippen LogP contribution in [-0.4, -0.2) is 18.6 Å². The Kier molecular flexibility index (Phi) is 4.11. The van der Waals surface area contributed by atoms with Crippen molar-refractivity contribution in [3.05, 3.63) is 28.2 Å². The van der Waals surface area contributed by atoms with Gasteiger partial charge in [0, 0.05) is 4.47 Å². The van der Waals surface area contributed by atoms with E-state index in [2.05, 4.69) is 15.9 Å². The Morgan fingerprint density at radius 1 is 1.60 bits per heavy atom. The van der Waals surface area contributed by atoms with Gasteiger partial charge < -0.3 is 16.2 Å². The van der Waals surface area contributed by atoms with Gasteiger partial charge in [0.15, 0.2) is 0 Å². The molecule has 4 N–H and O–H groups in total. The fourth-order valence-corrected chi connectivity index (χ4v) is 1.22. The number of rotatable bonds is 4. The summed E-state index contributed by atoms with van der Waals surface area (Å²) in [6.07, 6.45) is 0. The standard InChI is InChI=1S/C10H13BrN2O2/c1-6-4-7(2-3-8(6)11)15-5-9(12)10(13)14/h2-4,9H,5,12H2,1H3,(H2,13,14). The van der Waals surface area contributed by atoms with Crippen LogP contribution in [0.2, 0.25) is 0 Å². The number of carbonyl (C=O) groups excluding carboxylic acids is 1. The molecule has 0 saturated heterocycles. The summed E-state index contributed by atoms with van der Waals surface area (Å²) in [6, 6.07) is 4.76. The first-order valence-electron chi connectivity index (χ1n) is 4.44. The summed E-state index contributed by atoms with van der Waals surface area (Å²) in [6.45, 7) is 2.04. The van der Waals surface area contributed by atoms with Crippen LogP contribution in [0.25, 0.3) is 0 Å². The van der Waals surface area contributed by atoms with Crippen molar-refractivity contribution in [1.82, 2.24) is 0 Å². The van der Waals surface area contributed by atoms with Gasteiger partial charge in [-0.15, -0.1) is 0 Å².